The van der Waals surface area contributed by atoms with E-state index < -0.39 is 0 Å². The van der Waals surface area contributed by atoms with Gasteiger partial charge in [0, 0.05) is 13.2 Å². The predicted molar refractivity (Wildman–Crippen MR) is 32.2 cm³/mol. The van der Waals surface area contributed by atoms with Crippen molar-refractivity contribution >= 4 is 16.5 Å². The number of rotatable bonds is 0. The molecular weight excluding hydrogens is 103 g/mol. The molecule has 0 fully saturated rings. The summed E-state index contributed by atoms with van der Waals surface area (Å²) >= 11 is 1.15. The quantitative estimate of drug-likeness (QED) is 0.379. The van der Waals surface area contributed by atoms with Gasteiger partial charge in [-0.05, 0) is 6.20 Å². The highest BCUT2D eigenvalue weighted by Gasteiger charge is 1.99. The van der Waals surface area contributed by atoms with Gasteiger partial charge in [0.25, 0.3) is 0 Å². The fourth-order valence-corrected chi connectivity index (χ4v) is 1.25. The van der Waals surface area contributed by atoms with Crippen LogP contribution in [0.15, 0.2) is 12.4 Å². The summed E-state index contributed by atoms with van der Waals surface area (Å²) < 4.78 is 2.26. The molecule has 0 amide bonds. The highest BCUT2D eigenvalue weighted by atomic mass is 27.1. The van der Waals surface area contributed by atoms with E-state index in [1.54, 1.807) is 0 Å². The van der Waals surface area contributed by atoms with Crippen LogP contribution in [0.1, 0.15) is 0 Å². The summed E-state index contributed by atoms with van der Waals surface area (Å²) in [5.74, 6) is 0. The maximum absolute atomic E-state index is 2.26. The summed E-state index contributed by atoms with van der Waals surface area (Å²) in [7, 11) is 2.08. The maximum Gasteiger partial charge on any atom is 0.365 e. The standard InChI is InChI=1S/C4H7N2.Al.2H/c1-6-3-2-5-4-6;;;/h2-3H,4H2,1H3;;;/q-1;+1;;. The molecule has 1 heterocycles. The van der Waals surface area contributed by atoms with Crippen LogP contribution in [0.5, 0.6) is 0 Å². The predicted octanol–water partition coefficient (Wildman–Crippen LogP) is -0.789. The van der Waals surface area contributed by atoms with Crippen molar-refractivity contribution in [2.45, 2.75) is 0 Å². The molecule has 0 N–H and O–H groups in total. The van der Waals surface area contributed by atoms with Crippen LogP contribution in [0.4, 0.5) is 0 Å². The van der Waals surface area contributed by atoms with Gasteiger partial charge in [0.2, 0.25) is 0 Å². The number of hydrogen-bond acceptors (Lipinski definition) is 2. The molecule has 0 aromatic rings. The molecular formula is C4H9AlN2. The average molecular weight is 112 g/mol. The summed E-state index contributed by atoms with van der Waals surface area (Å²) in [6.45, 7) is 1.09. The fourth-order valence-electron chi connectivity index (χ4n) is 0.674. The van der Waals surface area contributed by atoms with E-state index >= 15 is 0 Å². The second kappa shape index (κ2) is 1.77. The van der Waals surface area contributed by atoms with E-state index in [0.717, 1.165) is 23.2 Å². The zero-order chi connectivity index (χ0) is 5.28. The summed E-state index contributed by atoms with van der Waals surface area (Å²) in [5.41, 5.74) is 0. The molecule has 0 radical (unpaired) electrons. The van der Waals surface area contributed by atoms with E-state index in [1.807, 2.05) is 0 Å². The largest absolute Gasteiger partial charge is 0.458 e. The molecule has 0 saturated carbocycles. The lowest BCUT2D eigenvalue weighted by Crippen LogP contribution is -2.18. The average Bonchev–Trinajstić information content (AvgIpc) is 1.87. The van der Waals surface area contributed by atoms with E-state index in [-0.39, 0.29) is 0 Å². The first kappa shape index (κ1) is 5.02. The van der Waals surface area contributed by atoms with Crippen molar-refractivity contribution in [2.75, 3.05) is 13.7 Å². The molecule has 0 bridgehead atoms. The van der Waals surface area contributed by atoms with Crippen molar-refractivity contribution in [1.82, 2.24) is 8.78 Å². The van der Waals surface area contributed by atoms with E-state index in [4.69, 9.17) is 0 Å². The van der Waals surface area contributed by atoms with Crippen molar-refractivity contribution in [3.05, 3.63) is 12.4 Å². The van der Waals surface area contributed by atoms with Crippen LogP contribution < -0.4 is 0 Å². The van der Waals surface area contributed by atoms with E-state index in [0.29, 0.717) is 0 Å². The van der Waals surface area contributed by atoms with Gasteiger partial charge in [-0.2, -0.15) is 0 Å². The van der Waals surface area contributed by atoms with E-state index in [2.05, 4.69) is 28.2 Å². The lowest BCUT2D eigenvalue weighted by molar-refractivity contribution is 0.402. The highest BCUT2D eigenvalue weighted by Crippen LogP contribution is 1.96. The van der Waals surface area contributed by atoms with Crippen LogP contribution >= 0.6 is 0 Å². The Balaban J connectivity index is 2.42. The summed E-state index contributed by atoms with van der Waals surface area (Å²) in [5, 5.41) is 0. The van der Waals surface area contributed by atoms with Gasteiger partial charge in [-0.15, -0.1) is 0 Å². The van der Waals surface area contributed by atoms with Gasteiger partial charge in [0.05, 0.1) is 6.67 Å². The minimum Gasteiger partial charge on any atom is -0.458 e. The van der Waals surface area contributed by atoms with Gasteiger partial charge in [-0.3, -0.25) is 0 Å². The van der Waals surface area contributed by atoms with Crippen LogP contribution in [-0.2, 0) is 0 Å². The minimum absolute atomic E-state index is 1.09. The normalized spacial score (nSPS) is 19.0. The smallest absolute Gasteiger partial charge is 0.365 e. The van der Waals surface area contributed by atoms with E-state index in [9.17, 15) is 0 Å². The Labute approximate surface area is 52.0 Å². The number of nitrogens with zero attached hydrogens (tertiary/aromatic N) is 2. The van der Waals surface area contributed by atoms with Crippen LogP contribution in [0.2, 0.25) is 0 Å². The van der Waals surface area contributed by atoms with Crippen LogP contribution in [0, 0.1) is 0 Å². The highest BCUT2D eigenvalue weighted by molar-refractivity contribution is 6.05. The molecule has 1 rings (SSSR count). The molecule has 0 aromatic carbocycles. The first-order chi connectivity index (χ1) is 3.29. The Morgan fingerprint density at radius 2 is 2.29 bits per heavy atom. The Hall–Kier alpha value is -0.128. The Morgan fingerprint density at radius 3 is 2.43 bits per heavy atom. The number of hydrogen-bond donors (Lipinski definition) is 0. The van der Waals surface area contributed by atoms with Gasteiger partial charge >= 0.3 is 16.5 Å². The minimum atomic E-state index is 1.09. The van der Waals surface area contributed by atoms with Crippen LogP contribution in [-0.4, -0.2) is 39.0 Å². The molecule has 0 aromatic heterocycles. The lowest BCUT2D eigenvalue weighted by Gasteiger charge is -2.12. The Bertz CT molecular complexity index is 81.7. The van der Waals surface area contributed by atoms with Gasteiger partial charge < -0.3 is 8.78 Å². The summed E-state index contributed by atoms with van der Waals surface area (Å²) in [6.07, 6.45) is 4.21. The zero-order valence-electron chi connectivity index (χ0n) is 4.76. The third-order valence-electron chi connectivity index (χ3n) is 1.02. The summed E-state index contributed by atoms with van der Waals surface area (Å²) in [6, 6.07) is 0. The molecule has 3 heteroatoms. The Morgan fingerprint density at radius 1 is 1.57 bits per heavy atom. The Kier molecular flexibility index (Phi) is 1.27. The molecule has 7 heavy (non-hydrogen) atoms. The molecule has 0 aliphatic carbocycles. The molecule has 0 unspecified atom stereocenters. The van der Waals surface area contributed by atoms with Crippen molar-refractivity contribution < 1.29 is 0 Å². The molecule has 38 valence electrons. The van der Waals surface area contributed by atoms with Crippen molar-refractivity contribution in [3.8, 4) is 0 Å². The lowest BCUT2D eigenvalue weighted by atomic mass is 10.9. The fraction of sp³-hybridized carbons (Fsp3) is 0.500. The molecule has 2 nitrogen and oxygen atoms in total. The monoisotopic (exact) mass is 112 g/mol. The third kappa shape index (κ3) is 1.12. The van der Waals surface area contributed by atoms with Gasteiger partial charge in [0.15, 0.2) is 0 Å². The van der Waals surface area contributed by atoms with E-state index in [1.165, 1.54) is 0 Å². The van der Waals surface area contributed by atoms with Crippen LogP contribution in [0.25, 0.3) is 0 Å². The maximum atomic E-state index is 2.26. The molecule has 0 saturated heterocycles. The molecule has 0 spiro atoms. The first-order valence-electron chi connectivity index (χ1n) is 2.38. The SMILES string of the molecule is CN1C=C[N]([AlH2])C1. The zero-order valence-corrected chi connectivity index (χ0v) is 6.76. The van der Waals surface area contributed by atoms with Gasteiger partial charge in [-0.25, -0.2) is 0 Å². The molecule has 0 atom stereocenters. The van der Waals surface area contributed by atoms with Crippen molar-refractivity contribution in [1.29, 1.82) is 0 Å². The van der Waals surface area contributed by atoms with Crippen molar-refractivity contribution in [2.24, 2.45) is 0 Å². The second-order valence-corrected chi connectivity index (χ2v) is 3.10. The molecule has 1 aliphatic rings. The van der Waals surface area contributed by atoms with Gasteiger partial charge in [0.1, 0.15) is 0 Å². The topological polar surface area (TPSA) is 6.48 Å². The third-order valence-corrected chi connectivity index (χ3v) is 1.60. The first-order valence-corrected chi connectivity index (χ1v) is 3.27. The van der Waals surface area contributed by atoms with Crippen LogP contribution in [0.3, 0.4) is 0 Å². The second-order valence-electron chi connectivity index (χ2n) is 1.95. The summed E-state index contributed by atoms with van der Waals surface area (Å²) in [4.78, 5) is 2.16. The molecule has 1 aliphatic heterocycles. The van der Waals surface area contributed by atoms with Gasteiger partial charge in [-0.1, -0.05) is 0 Å². The van der Waals surface area contributed by atoms with Crippen molar-refractivity contribution in [3.63, 3.8) is 0 Å².